The molecule has 1 atom stereocenters. The summed E-state index contributed by atoms with van der Waals surface area (Å²) in [6.45, 7) is 2.52. The summed E-state index contributed by atoms with van der Waals surface area (Å²) < 4.78 is 7.09. The molecule has 0 spiro atoms. The zero-order chi connectivity index (χ0) is 16.9. The molecule has 0 aliphatic heterocycles. The van der Waals surface area contributed by atoms with Gasteiger partial charge in [0.1, 0.15) is 11.3 Å². The third kappa shape index (κ3) is 3.53. The van der Waals surface area contributed by atoms with Crippen LogP contribution < -0.4 is 10.1 Å². The smallest absolute Gasteiger partial charge is 0.224 e. The number of carbonyl (C=O) groups excluding carboxylic acids is 1. The molecule has 0 saturated heterocycles. The van der Waals surface area contributed by atoms with Gasteiger partial charge in [-0.2, -0.15) is 0 Å². The number of ether oxygens (including phenoxy) is 1. The summed E-state index contributed by atoms with van der Waals surface area (Å²) in [5.74, 6) is 0.680. The first-order chi connectivity index (χ1) is 11.7. The van der Waals surface area contributed by atoms with Crippen molar-refractivity contribution in [3.63, 3.8) is 0 Å². The Morgan fingerprint density at radius 1 is 1.21 bits per heavy atom. The second kappa shape index (κ2) is 7.12. The SMILES string of the molecule is COc1ccccc1CC(=O)N[C@@H](C)Cn1nnc2ccccc21. The lowest BCUT2D eigenvalue weighted by Gasteiger charge is -2.15. The molecule has 6 heteroatoms. The zero-order valence-corrected chi connectivity index (χ0v) is 13.8. The fraction of sp³-hybridized carbons (Fsp3) is 0.278. The number of para-hydroxylation sites is 2. The number of hydrogen-bond donors (Lipinski definition) is 1. The molecule has 1 heterocycles. The highest BCUT2D eigenvalue weighted by Crippen LogP contribution is 2.17. The van der Waals surface area contributed by atoms with E-state index in [0.717, 1.165) is 22.3 Å². The summed E-state index contributed by atoms with van der Waals surface area (Å²) in [4.78, 5) is 12.3. The van der Waals surface area contributed by atoms with Crippen LogP contribution in [0.5, 0.6) is 5.75 Å². The van der Waals surface area contributed by atoms with E-state index in [2.05, 4.69) is 15.6 Å². The standard InChI is InChI=1S/C18H20N4O2/c1-13(12-22-16-9-5-4-8-15(16)20-21-22)19-18(23)11-14-7-3-6-10-17(14)24-2/h3-10,13H,11-12H2,1-2H3,(H,19,23)/t13-/m0/s1. The predicted octanol–water partition coefficient (Wildman–Crippen LogP) is 2.19. The summed E-state index contributed by atoms with van der Waals surface area (Å²) in [6.07, 6.45) is 0.284. The Balaban J connectivity index is 1.62. The van der Waals surface area contributed by atoms with Crippen LogP contribution in [0.3, 0.4) is 0 Å². The Morgan fingerprint density at radius 3 is 2.79 bits per heavy atom. The Labute approximate surface area is 140 Å². The van der Waals surface area contributed by atoms with Crippen LogP contribution in [0, 0.1) is 0 Å². The van der Waals surface area contributed by atoms with Gasteiger partial charge in [0.05, 0.1) is 25.6 Å². The molecule has 0 radical (unpaired) electrons. The molecule has 1 aromatic heterocycles. The van der Waals surface area contributed by atoms with Crippen molar-refractivity contribution in [3.05, 3.63) is 54.1 Å². The third-order valence-corrected chi connectivity index (χ3v) is 3.82. The fourth-order valence-electron chi connectivity index (χ4n) is 2.71. The molecule has 1 amide bonds. The minimum absolute atomic E-state index is 0.0450. The monoisotopic (exact) mass is 324 g/mol. The lowest BCUT2D eigenvalue weighted by atomic mass is 10.1. The summed E-state index contributed by atoms with van der Waals surface area (Å²) >= 11 is 0. The van der Waals surface area contributed by atoms with E-state index in [-0.39, 0.29) is 18.4 Å². The van der Waals surface area contributed by atoms with Crippen molar-refractivity contribution in [1.82, 2.24) is 20.3 Å². The van der Waals surface area contributed by atoms with E-state index in [4.69, 9.17) is 4.74 Å². The molecule has 6 nitrogen and oxygen atoms in total. The van der Waals surface area contributed by atoms with E-state index in [9.17, 15) is 4.79 Å². The number of nitrogens with one attached hydrogen (secondary N) is 1. The number of carbonyl (C=O) groups is 1. The molecular weight excluding hydrogens is 304 g/mol. The van der Waals surface area contributed by atoms with Crippen LogP contribution in [-0.4, -0.2) is 34.1 Å². The molecule has 0 saturated carbocycles. The molecule has 2 aromatic carbocycles. The maximum absolute atomic E-state index is 12.3. The van der Waals surface area contributed by atoms with Crippen molar-refractivity contribution in [2.45, 2.75) is 25.9 Å². The first-order valence-electron chi connectivity index (χ1n) is 7.87. The van der Waals surface area contributed by atoms with Gasteiger partial charge in [-0.05, 0) is 25.1 Å². The maximum atomic E-state index is 12.3. The first kappa shape index (κ1) is 16.0. The number of methoxy groups -OCH3 is 1. The molecule has 0 fully saturated rings. The Bertz CT molecular complexity index is 844. The van der Waals surface area contributed by atoms with Crippen molar-refractivity contribution >= 4 is 16.9 Å². The highest BCUT2D eigenvalue weighted by Gasteiger charge is 2.13. The molecule has 1 N–H and O–H groups in total. The average Bonchev–Trinajstić information content (AvgIpc) is 2.98. The molecule has 24 heavy (non-hydrogen) atoms. The molecule has 3 aromatic rings. The van der Waals surface area contributed by atoms with Crippen molar-refractivity contribution in [2.75, 3.05) is 7.11 Å². The van der Waals surface area contributed by atoms with Gasteiger partial charge in [0.25, 0.3) is 0 Å². The van der Waals surface area contributed by atoms with Crippen LogP contribution in [0.25, 0.3) is 11.0 Å². The van der Waals surface area contributed by atoms with E-state index in [1.165, 1.54) is 0 Å². The molecule has 0 unspecified atom stereocenters. The number of rotatable bonds is 6. The lowest BCUT2D eigenvalue weighted by Crippen LogP contribution is -2.36. The quantitative estimate of drug-likeness (QED) is 0.754. The molecular formula is C18H20N4O2. The van der Waals surface area contributed by atoms with Crippen LogP contribution in [0.15, 0.2) is 48.5 Å². The molecule has 124 valence electrons. The van der Waals surface area contributed by atoms with Crippen LogP contribution in [0.4, 0.5) is 0 Å². The summed E-state index contributed by atoms with van der Waals surface area (Å²) in [6, 6.07) is 15.3. The van der Waals surface area contributed by atoms with Gasteiger partial charge in [0, 0.05) is 11.6 Å². The number of hydrogen-bond acceptors (Lipinski definition) is 4. The summed E-state index contributed by atoms with van der Waals surface area (Å²) in [7, 11) is 1.61. The minimum atomic E-state index is -0.0580. The number of fused-ring (bicyclic) bond motifs is 1. The number of amides is 1. The topological polar surface area (TPSA) is 69.0 Å². The van der Waals surface area contributed by atoms with E-state index in [0.29, 0.717) is 6.54 Å². The molecule has 0 aliphatic carbocycles. The second-order valence-electron chi connectivity index (χ2n) is 5.72. The number of benzene rings is 2. The number of nitrogens with zero attached hydrogens (tertiary/aromatic N) is 3. The normalized spacial score (nSPS) is 12.1. The van der Waals surface area contributed by atoms with Gasteiger partial charge in [0.15, 0.2) is 0 Å². The van der Waals surface area contributed by atoms with Crippen LogP contribution in [0.1, 0.15) is 12.5 Å². The average molecular weight is 324 g/mol. The largest absolute Gasteiger partial charge is 0.496 e. The Hall–Kier alpha value is -2.89. The predicted molar refractivity (Wildman–Crippen MR) is 91.8 cm³/mol. The van der Waals surface area contributed by atoms with Crippen LogP contribution >= 0.6 is 0 Å². The van der Waals surface area contributed by atoms with Gasteiger partial charge in [-0.1, -0.05) is 35.5 Å². The van der Waals surface area contributed by atoms with E-state index in [1.807, 2.05) is 60.1 Å². The number of aromatic nitrogens is 3. The summed E-state index contributed by atoms with van der Waals surface area (Å²) in [5.41, 5.74) is 2.68. The van der Waals surface area contributed by atoms with Gasteiger partial charge in [-0.3, -0.25) is 4.79 Å². The van der Waals surface area contributed by atoms with Gasteiger partial charge < -0.3 is 10.1 Å². The fourth-order valence-corrected chi connectivity index (χ4v) is 2.71. The van der Waals surface area contributed by atoms with Gasteiger partial charge >= 0.3 is 0 Å². The van der Waals surface area contributed by atoms with Crippen molar-refractivity contribution in [2.24, 2.45) is 0 Å². The van der Waals surface area contributed by atoms with E-state index in [1.54, 1.807) is 7.11 Å². The summed E-state index contributed by atoms with van der Waals surface area (Å²) in [5, 5.41) is 11.3. The van der Waals surface area contributed by atoms with Gasteiger partial charge in [-0.25, -0.2) is 4.68 Å². The zero-order valence-electron chi connectivity index (χ0n) is 13.8. The molecule has 0 aliphatic rings. The van der Waals surface area contributed by atoms with Gasteiger partial charge in [0.2, 0.25) is 5.91 Å². The van der Waals surface area contributed by atoms with E-state index < -0.39 is 0 Å². The molecule has 0 bridgehead atoms. The van der Waals surface area contributed by atoms with E-state index >= 15 is 0 Å². The highest BCUT2D eigenvalue weighted by molar-refractivity contribution is 5.79. The van der Waals surface area contributed by atoms with Crippen molar-refractivity contribution < 1.29 is 9.53 Å². The lowest BCUT2D eigenvalue weighted by molar-refractivity contribution is -0.121. The van der Waals surface area contributed by atoms with Crippen LogP contribution in [0.2, 0.25) is 0 Å². The van der Waals surface area contributed by atoms with Crippen molar-refractivity contribution in [1.29, 1.82) is 0 Å². The first-order valence-corrected chi connectivity index (χ1v) is 7.87. The van der Waals surface area contributed by atoms with Crippen LogP contribution in [-0.2, 0) is 17.8 Å². The van der Waals surface area contributed by atoms with Crippen molar-refractivity contribution in [3.8, 4) is 5.75 Å². The Morgan fingerprint density at radius 2 is 1.96 bits per heavy atom. The highest BCUT2D eigenvalue weighted by atomic mass is 16.5. The Kier molecular flexibility index (Phi) is 4.74. The van der Waals surface area contributed by atoms with Gasteiger partial charge in [-0.15, -0.1) is 5.10 Å². The third-order valence-electron chi connectivity index (χ3n) is 3.82. The molecule has 3 rings (SSSR count). The minimum Gasteiger partial charge on any atom is -0.496 e. The maximum Gasteiger partial charge on any atom is 0.224 e. The second-order valence-corrected chi connectivity index (χ2v) is 5.72.